The van der Waals surface area contributed by atoms with Gasteiger partial charge >= 0.3 is 6.09 Å². The van der Waals surface area contributed by atoms with Gasteiger partial charge in [0, 0.05) is 24.7 Å². The van der Waals surface area contributed by atoms with E-state index in [9.17, 15) is 14.4 Å². The fourth-order valence-corrected chi connectivity index (χ4v) is 6.92. The van der Waals surface area contributed by atoms with E-state index in [4.69, 9.17) is 4.74 Å². The molecule has 9 heteroatoms. The van der Waals surface area contributed by atoms with Crippen LogP contribution in [0.3, 0.4) is 0 Å². The number of nitrogens with zero attached hydrogens (tertiary/aromatic N) is 2. The molecule has 5 rings (SSSR count). The highest BCUT2D eigenvalue weighted by atomic mass is 16.5. The Kier molecular flexibility index (Phi) is 7.21. The van der Waals surface area contributed by atoms with Crippen LogP contribution < -0.4 is 16.0 Å². The van der Waals surface area contributed by atoms with Gasteiger partial charge in [-0.3, -0.25) is 9.59 Å². The summed E-state index contributed by atoms with van der Waals surface area (Å²) < 4.78 is 6.44. The van der Waals surface area contributed by atoms with Gasteiger partial charge in [0.2, 0.25) is 5.91 Å². The zero-order chi connectivity index (χ0) is 26.3. The standard InChI is InChI=1S/C27H41N5O4/c1-16(2)9-22-21(15-28-32(22)8-7-26(4,5)31-25(35)36-6)24(34)29-23-19-10-18-11-20(23)14-27(12-18,13-19)30-17(3)33/h7-8,15-16,18-20,23H,9-14H2,1-6H3,(H,29,34)(H,30,33)(H,31,35)/b8-7+/t18?,19?,20?,23-,27-. The molecule has 4 bridgehead atoms. The third-order valence-electron chi connectivity index (χ3n) is 8.00. The Morgan fingerprint density at radius 1 is 1.22 bits per heavy atom. The predicted octanol–water partition coefficient (Wildman–Crippen LogP) is 3.50. The summed E-state index contributed by atoms with van der Waals surface area (Å²) in [6.45, 7) is 9.56. The Morgan fingerprint density at radius 3 is 2.47 bits per heavy atom. The van der Waals surface area contributed by atoms with E-state index in [2.05, 4.69) is 34.9 Å². The molecule has 36 heavy (non-hydrogen) atoms. The summed E-state index contributed by atoms with van der Waals surface area (Å²) in [5, 5.41) is 13.9. The fraction of sp³-hybridized carbons (Fsp3) is 0.704. The second-order valence-corrected chi connectivity index (χ2v) is 12.1. The van der Waals surface area contributed by atoms with Gasteiger partial charge in [-0.2, -0.15) is 5.10 Å². The zero-order valence-electron chi connectivity index (χ0n) is 22.4. The lowest BCUT2D eigenvalue weighted by Gasteiger charge is -2.60. The Labute approximate surface area is 213 Å². The minimum atomic E-state index is -0.652. The first-order valence-corrected chi connectivity index (χ1v) is 13.1. The van der Waals surface area contributed by atoms with Crippen molar-refractivity contribution in [3.05, 3.63) is 23.5 Å². The van der Waals surface area contributed by atoms with Gasteiger partial charge in [0.1, 0.15) is 0 Å². The highest BCUT2D eigenvalue weighted by Crippen LogP contribution is 2.55. The number of nitrogens with one attached hydrogen (secondary N) is 3. The molecular formula is C27H41N5O4. The number of alkyl carbamates (subject to hydrolysis) is 1. The van der Waals surface area contributed by atoms with Gasteiger partial charge in [0.25, 0.3) is 5.91 Å². The maximum absolute atomic E-state index is 13.6. The second kappa shape index (κ2) is 9.90. The summed E-state index contributed by atoms with van der Waals surface area (Å²) in [6.07, 6.45) is 10.6. The maximum Gasteiger partial charge on any atom is 0.407 e. The van der Waals surface area contributed by atoms with E-state index < -0.39 is 11.6 Å². The minimum absolute atomic E-state index is 0.0429. The van der Waals surface area contributed by atoms with Crippen LogP contribution in [0.5, 0.6) is 0 Å². The van der Waals surface area contributed by atoms with Crippen LogP contribution in [-0.4, -0.2) is 51.9 Å². The first-order chi connectivity index (χ1) is 16.9. The van der Waals surface area contributed by atoms with Crippen LogP contribution in [0.4, 0.5) is 4.79 Å². The number of carbonyl (C=O) groups excluding carboxylic acids is 3. The Hall–Kier alpha value is -2.84. The van der Waals surface area contributed by atoms with Crippen molar-refractivity contribution in [2.75, 3.05) is 7.11 Å². The molecule has 4 aliphatic rings. The van der Waals surface area contributed by atoms with E-state index in [1.54, 1.807) is 24.0 Å². The third-order valence-corrected chi connectivity index (χ3v) is 8.00. The smallest absolute Gasteiger partial charge is 0.407 e. The molecule has 1 heterocycles. The van der Waals surface area contributed by atoms with Gasteiger partial charge in [-0.25, -0.2) is 9.48 Å². The van der Waals surface area contributed by atoms with E-state index in [0.717, 1.165) is 37.8 Å². The topological polar surface area (TPSA) is 114 Å². The number of hydrogen-bond donors (Lipinski definition) is 3. The van der Waals surface area contributed by atoms with E-state index in [0.29, 0.717) is 35.7 Å². The average molecular weight is 500 g/mol. The van der Waals surface area contributed by atoms with Crippen LogP contribution in [0.25, 0.3) is 6.20 Å². The van der Waals surface area contributed by atoms with Gasteiger partial charge in [-0.1, -0.05) is 13.8 Å². The van der Waals surface area contributed by atoms with Crippen LogP contribution in [0.15, 0.2) is 12.3 Å². The normalized spacial score (nSPS) is 29.0. The molecule has 0 radical (unpaired) electrons. The molecule has 4 aliphatic carbocycles. The van der Waals surface area contributed by atoms with Crippen LogP contribution >= 0.6 is 0 Å². The van der Waals surface area contributed by atoms with Crippen molar-refractivity contribution in [1.82, 2.24) is 25.7 Å². The van der Waals surface area contributed by atoms with Crippen molar-refractivity contribution in [3.63, 3.8) is 0 Å². The molecule has 0 aliphatic heterocycles. The lowest BCUT2D eigenvalue weighted by Crippen LogP contribution is -2.66. The monoisotopic (exact) mass is 499 g/mol. The van der Waals surface area contributed by atoms with Crippen LogP contribution in [0.2, 0.25) is 0 Å². The number of methoxy groups -OCH3 is 1. The summed E-state index contributed by atoms with van der Waals surface area (Å²) in [5.74, 6) is 1.71. The second-order valence-electron chi connectivity index (χ2n) is 12.1. The first-order valence-electron chi connectivity index (χ1n) is 13.1. The molecule has 4 fully saturated rings. The number of ether oxygens (including phenoxy) is 1. The van der Waals surface area contributed by atoms with Crippen LogP contribution in [0.1, 0.15) is 82.8 Å². The van der Waals surface area contributed by atoms with E-state index in [1.807, 2.05) is 19.9 Å². The summed E-state index contributed by atoms with van der Waals surface area (Å²) in [7, 11) is 1.33. The summed E-state index contributed by atoms with van der Waals surface area (Å²) in [4.78, 5) is 37.1. The lowest BCUT2D eigenvalue weighted by atomic mass is 9.51. The van der Waals surface area contributed by atoms with E-state index in [1.165, 1.54) is 7.11 Å². The number of aromatic nitrogens is 2. The maximum atomic E-state index is 13.6. The molecule has 1 aromatic heterocycles. The first kappa shape index (κ1) is 26.2. The number of carbonyl (C=O) groups is 3. The Balaban J connectivity index is 1.51. The molecule has 0 saturated heterocycles. The molecular weight excluding hydrogens is 458 g/mol. The number of hydrogen-bond acceptors (Lipinski definition) is 5. The fourth-order valence-electron chi connectivity index (χ4n) is 6.92. The summed E-state index contributed by atoms with van der Waals surface area (Å²) in [5.41, 5.74) is 0.706. The molecule has 198 valence electrons. The molecule has 4 saturated carbocycles. The van der Waals surface area contributed by atoms with Crippen LogP contribution in [0, 0.1) is 23.7 Å². The third kappa shape index (κ3) is 5.60. The van der Waals surface area contributed by atoms with Crippen molar-refractivity contribution < 1.29 is 19.1 Å². The Morgan fingerprint density at radius 2 is 1.89 bits per heavy atom. The molecule has 2 atom stereocenters. The molecule has 3 amide bonds. The minimum Gasteiger partial charge on any atom is -0.453 e. The van der Waals surface area contributed by atoms with Crippen molar-refractivity contribution >= 4 is 24.1 Å². The van der Waals surface area contributed by atoms with Gasteiger partial charge in [-0.15, -0.1) is 0 Å². The van der Waals surface area contributed by atoms with Gasteiger partial charge in [0.05, 0.1) is 30.1 Å². The van der Waals surface area contributed by atoms with E-state index >= 15 is 0 Å². The van der Waals surface area contributed by atoms with Crippen LogP contribution in [-0.2, 0) is 16.0 Å². The Bertz CT molecular complexity index is 1030. The molecule has 0 spiro atoms. The molecule has 2 unspecified atom stereocenters. The summed E-state index contributed by atoms with van der Waals surface area (Å²) >= 11 is 0. The SMILES string of the molecule is COC(=O)NC(C)(C)/C=C/n1ncc(C(=O)N[C@H]2C3CC4CC2C[C@](NC(C)=O)(C4)C3)c1CC(C)C. The molecule has 0 aromatic carbocycles. The van der Waals surface area contributed by atoms with Gasteiger partial charge in [-0.05, 0) is 82.1 Å². The molecule has 1 aromatic rings. The average Bonchev–Trinajstić information content (AvgIpc) is 3.15. The summed E-state index contributed by atoms with van der Waals surface area (Å²) in [6, 6.07) is 0.130. The highest BCUT2D eigenvalue weighted by Gasteiger charge is 2.56. The number of rotatable bonds is 8. The molecule has 3 N–H and O–H groups in total. The van der Waals surface area contributed by atoms with E-state index in [-0.39, 0.29) is 23.4 Å². The largest absolute Gasteiger partial charge is 0.453 e. The van der Waals surface area contributed by atoms with Gasteiger partial charge < -0.3 is 20.7 Å². The van der Waals surface area contributed by atoms with Crippen molar-refractivity contribution in [1.29, 1.82) is 0 Å². The highest BCUT2D eigenvalue weighted by molar-refractivity contribution is 5.95. The quantitative estimate of drug-likeness (QED) is 0.507. The van der Waals surface area contributed by atoms with Gasteiger partial charge in [0.15, 0.2) is 0 Å². The number of amides is 3. The van der Waals surface area contributed by atoms with Crippen molar-refractivity contribution in [3.8, 4) is 0 Å². The molecule has 9 nitrogen and oxygen atoms in total. The van der Waals surface area contributed by atoms with Crippen molar-refractivity contribution in [2.45, 2.75) is 90.3 Å². The van der Waals surface area contributed by atoms with Crippen molar-refractivity contribution in [2.24, 2.45) is 23.7 Å². The predicted molar refractivity (Wildman–Crippen MR) is 137 cm³/mol. The lowest BCUT2D eigenvalue weighted by molar-refractivity contribution is -0.125. The zero-order valence-corrected chi connectivity index (χ0v) is 22.4.